The number of rotatable bonds is 8. The lowest BCUT2D eigenvalue weighted by molar-refractivity contribution is -0.117. The number of amides is 1. The first-order valence-corrected chi connectivity index (χ1v) is 10.7. The summed E-state index contributed by atoms with van der Waals surface area (Å²) in [6.45, 7) is 1.11. The Bertz CT molecular complexity index is 1550. The lowest BCUT2D eigenvalue weighted by atomic mass is 10.1. The van der Waals surface area contributed by atoms with Crippen LogP contribution in [0.1, 0.15) is 12.3 Å². The van der Waals surface area contributed by atoms with Crippen molar-refractivity contribution >= 4 is 51.8 Å². The Labute approximate surface area is 224 Å². The average molecular weight is 528 g/mol. The number of carbonyl (C=O) groups is 1. The number of aromatic nitrogens is 3. The number of ether oxygens (including phenoxy) is 3. The maximum Gasteiger partial charge on any atom is 0.243 e. The van der Waals surface area contributed by atoms with Crippen LogP contribution >= 0.6 is 23.2 Å². The number of fused-ring (bicyclic) bond motifs is 1. The summed E-state index contributed by atoms with van der Waals surface area (Å²) in [5, 5.41) is 7.57. The second-order valence-electron chi connectivity index (χ2n) is 7.30. The van der Waals surface area contributed by atoms with E-state index in [4.69, 9.17) is 49.7 Å². The molecular weight excluding hydrogens is 495 g/mol. The van der Waals surface area contributed by atoms with E-state index in [1.165, 1.54) is 12.3 Å². The molecule has 3 aromatic rings. The predicted molar refractivity (Wildman–Crippen MR) is 136 cm³/mol. The van der Waals surface area contributed by atoms with Crippen LogP contribution in [0.3, 0.4) is 0 Å². The molecule has 2 aromatic heterocycles. The Morgan fingerprint density at radius 2 is 1.94 bits per heavy atom. The van der Waals surface area contributed by atoms with Gasteiger partial charge in [-0.2, -0.15) is 0 Å². The van der Waals surface area contributed by atoms with E-state index in [-0.39, 0.29) is 57.2 Å². The summed E-state index contributed by atoms with van der Waals surface area (Å²) in [5.74, 6) is -1.60. The van der Waals surface area contributed by atoms with Crippen molar-refractivity contribution in [3.05, 3.63) is 41.0 Å². The summed E-state index contributed by atoms with van der Waals surface area (Å²) in [5.41, 5.74) is -0.281. The minimum Gasteiger partial charge on any atom is -0.495 e. The van der Waals surface area contributed by atoms with Crippen LogP contribution in [0, 0.1) is 0 Å². The maximum atomic E-state index is 11.8. The van der Waals surface area contributed by atoms with Crippen LogP contribution in [-0.2, 0) is 9.53 Å². The van der Waals surface area contributed by atoms with E-state index in [9.17, 15) is 4.79 Å². The van der Waals surface area contributed by atoms with Crippen molar-refractivity contribution in [3.8, 4) is 22.8 Å². The molecule has 12 heteroatoms. The molecule has 0 spiro atoms. The minimum absolute atomic E-state index is 0.0501. The van der Waals surface area contributed by atoms with E-state index < -0.39 is 50.5 Å². The number of anilines is 2. The predicted octanol–water partition coefficient (Wildman–Crippen LogP) is 3.54. The van der Waals surface area contributed by atoms with Crippen molar-refractivity contribution in [3.63, 3.8) is 0 Å². The van der Waals surface area contributed by atoms with Crippen LogP contribution in [0.5, 0.6) is 11.5 Å². The fourth-order valence-electron chi connectivity index (χ4n) is 3.53. The van der Waals surface area contributed by atoms with Gasteiger partial charge in [-0.3, -0.25) is 4.79 Å². The second kappa shape index (κ2) is 10.5. The first-order chi connectivity index (χ1) is 20.3. The third-order valence-corrected chi connectivity index (χ3v) is 5.95. The molecule has 10 nitrogen and oxygen atoms in total. The van der Waals surface area contributed by atoms with Crippen molar-refractivity contribution in [2.45, 2.75) is 12.1 Å². The van der Waals surface area contributed by atoms with Crippen LogP contribution in [0.25, 0.3) is 22.2 Å². The van der Waals surface area contributed by atoms with Gasteiger partial charge in [-0.05, 0) is 12.1 Å². The van der Waals surface area contributed by atoms with Gasteiger partial charge in [-0.25, -0.2) is 15.0 Å². The van der Waals surface area contributed by atoms with E-state index in [0.717, 1.165) is 12.1 Å². The first kappa shape index (κ1) is 15.6. The third kappa shape index (κ3) is 4.90. The summed E-state index contributed by atoms with van der Waals surface area (Å²) in [6.07, 6.45) is 2.47. The van der Waals surface area contributed by atoms with Gasteiger partial charge >= 0.3 is 0 Å². The van der Waals surface area contributed by atoms with E-state index in [1.807, 2.05) is 0 Å². The number of hydrogen-bond acceptors (Lipinski definition) is 9. The smallest absolute Gasteiger partial charge is 0.243 e. The molecule has 0 saturated carbocycles. The number of nitrogens with one attached hydrogen (secondary N) is 3. The molecule has 3 heterocycles. The van der Waals surface area contributed by atoms with Crippen LogP contribution in [0.15, 0.2) is 31.0 Å². The fraction of sp³-hybridized carbons (Fsp3) is 0.304. The van der Waals surface area contributed by atoms with E-state index in [0.29, 0.717) is 0 Å². The van der Waals surface area contributed by atoms with Gasteiger partial charge in [0.2, 0.25) is 11.9 Å². The topological polar surface area (TPSA) is 120 Å². The van der Waals surface area contributed by atoms with Gasteiger partial charge in [0.1, 0.15) is 17.0 Å². The van der Waals surface area contributed by atoms with Crippen molar-refractivity contribution in [2.75, 3.05) is 44.9 Å². The monoisotopic (exact) mass is 527 g/mol. The van der Waals surface area contributed by atoms with Gasteiger partial charge in [0.25, 0.3) is 0 Å². The normalized spacial score (nSPS) is 22.1. The summed E-state index contributed by atoms with van der Waals surface area (Å²) >= 11 is 13.0. The van der Waals surface area contributed by atoms with Crippen LogP contribution in [0.4, 0.5) is 11.8 Å². The van der Waals surface area contributed by atoms with E-state index >= 15 is 0 Å². The zero-order chi connectivity index (χ0) is 32.6. The zero-order valence-corrected chi connectivity index (χ0v) is 19.3. The molecule has 35 heavy (non-hydrogen) atoms. The Kier molecular flexibility index (Phi) is 4.69. The standard InChI is InChI=1S/C23H24Cl2N6O4/c1-5-17(32)28-13-9-35-10-14(13)30-23-27-8-11-6-12(29-22(26-2)21(11)31-23)18-19(24)15(33-3)7-16(34-4)20(18)25/h5-8,13-14H,1,9-10H2,2-4H3,(H,26,29)(H,28,32)(H,27,30,31)/t13-,14+/m0/s1/i2D3,3D3,4D3. The molecule has 1 fully saturated rings. The molecule has 184 valence electrons. The Morgan fingerprint density at radius 3 is 2.63 bits per heavy atom. The molecule has 0 unspecified atom stereocenters. The van der Waals surface area contributed by atoms with E-state index in [2.05, 4.69) is 37.5 Å². The number of carbonyl (C=O) groups excluding carboxylic acids is 1. The number of hydrogen-bond donors (Lipinski definition) is 3. The van der Waals surface area contributed by atoms with Crippen LogP contribution < -0.4 is 25.4 Å². The first-order valence-electron chi connectivity index (χ1n) is 14.5. The molecular formula is C23H24Cl2N6O4. The molecule has 0 radical (unpaired) electrons. The van der Waals surface area contributed by atoms with Crippen molar-refractivity contribution in [1.29, 1.82) is 0 Å². The van der Waals surface area contributed by atoms with Gasteiger partial charge in [0.15, 0.2) is 5.82 Å². The fourth-order valence-corrected chi connectivity index (χ4v) is 4.15. The second-order valence-corrected chi connectivity index (χ2v) is 8.06. The van der Waals surface area contributed by atoms with Crippen LogP contribution in [-0.4, -0.2) is 67.2 Å². The van der Waals surface area contributed by atoms with Gasteiger partial charge < -0.3 is 30.2 Å². The third-order valence-electron chi connectivity index (χ3n) is 5.20. The molecule has 1 amide bonds. The molecule has 1 saturated heterocycles. The Hall–Kier alpha value is -3.34. The Balaban J connectivity index is 1.85. The van der Waals surface area contributed by atoms with Gasteiger partial charge in [0.05, 0.1) is 63.3 Å². The molecule has 1 aromatic carbocycles. The number of pyridine rings is 1. The lowest BCUT2D eigenvalue weighted by Gasteiger charge is -2.20. The molecule has 4 rings (SSSR count). The molecule has 0 bridgehead atoms. The van der Waals surface area contributed by atoms with Crippen molar-refractivity contribution in [2.24, 2.45) is 0 Å². The molecule has 1 aliphatic heterocycles. The molecule has 3 N–H and O–H groups in total. The van der Waals surface area contributed by atoms with Gasteiger partial charge in [0, 0.05) is 34.3 Å². The largest absolute Gasteiger partial charge is 0.495 e. The number of nitrogens with zero attached hydrogens (tertiary/aromatic N) is 3. The SMILES string of the molecule is [2H]C([2H])([2H])Nc1nc(-c2c(Cl)c(OC([2H])([2H])[2H])cc(OC([2H])([2H])[2H])c2Cl)cc2cnc(N[C@@H]3COC[C@@H]3NC(=O)C=C)nc12. The average Bonchev–Trinajstić information content (AvgIpc) is 3.31. The number of methoxy groups -OCH3 is 2. The highest BCUT2D eigenvalue weighted by molar-refractivity contribution is 6.41. The van der Waals surface area contributed by atoms with Gasteiger partial charge in [-0.1, -0.05) is 29.8 Å². The summed E-state index contributed by atoms with van der Waals surface area (Å²) in [7, 11) is -5.99. The summed E-state index contributed by atoms with van der Waals surface area (Å²) in [4.78, 5) is 24.8. The van der Waals surface area contributed by atoms with Crippen molar-refractivity contribution in [1.82, 2.24) is 20.3 Å². The minimum atomic E-state index is -2.99. The number of halogens is 2. The van der Waals surface area contributed by atoms with Crippen LogP contribution in [0.2, 0.25) is 10.0 Å². The van der Waals surface area contributed by atoms with Crippen molar-refractivity contribution < 1.29 is 31.3 Å². The zero-order valence-electron chi connectivity index (χ0n) is 26.8. The van der Waals surface area contributed by atoms with Gasteiger partial charge in [-0.15, -0.1) is 0 Å². The highest BCUT2D eigenvalue weighted by Gasteiger charge is 2.30. The highest BCUT2D eigenvalue weighted by atomic mass is 35.5. The molecule has 0 aliphatic carbocycles. The molecule has 1 aliphatic rings. The number of benzene rings is 1. The quantitative estimate of drug-likeness (QED) is 0.377. The summed E-state index contributed by atoms with van der Waals surface area (Å²) in [6, 6.07) is 1.42. The maximum absolute atomic E-state index is 11.8. The lowest BCUT2D eigenvalue weighted by Crippen LogP contribution is -2.45. The van der Waals surface area contributed by atoms with E-state index in [1.54, 1.807) is 0 Å². The Morgan fingerprint density at radius 1 is 1.20 bits per heavy atom. The summed E-state index contributed by atoms with van der Waals surface area (Å²) < 4.78 is 83.4. The highest BCUT2D eigenvalue weighted by Crippen LogP contribution is 2.46. The molecule has 2 atom stereocenters.